The second-order valence-corrected chi connectivity index (χ2v) is 8.10. The van der Waals surface area contributed by atoms with Crippen LogP contribution >= 0.6 is 0 Å². The van der Waals surface area contributed by atoms with Crippen molar-refractivity contribution in [3.63, 3.8) is 0 Å². The van der Waals surface area contributed by atoms with Crippen molar-refractivity contribution in [3.8, 4) is 5.75 Å². The van der Waals surface area contributed by atoms with Crippen LogP contribution in [-0.2, 0) is 14.8 Å². The molecule has 0 aliphatic carbocycles. The van der Waals surface area contributed by atoms with Crippen LogP contribution in [0, 0.1) is 0 Å². The molecule has 1 amide bonds. The fraction of sp³-hybridized carbons (Fsp3) is 0.190. The lowest BCUT2D eigenvalue weighted by atomic mass is 10.1. The van der Waals surface area contributed by atoms with Gasteiger partial charge in [-0.1, -0.05) is 30.3 Å². The van der Waals surface area contributed by atoms with E-state index in [0.29, 0.717) is 12.4 Å². The number of benzene rings is 3. The lowest BCUT2D eigenvalue weighted by Gasteiger charge is -2.16. The molecule has 0 aromatic heterocycles. The maximum Gasteiger partial charge on any atom is 0.261 e. The minimum Gasteiger partial charge on any atom is -0.494 e. The van der Waals surface area contributed by atoms with Gasteiger partial charge in [0.1, 0.15) is 11.9 Å². The van der Waals surface area contributed by atoms with Crippen molar-refractivity contribution in [2.45, 2.75) is 24.8 Å². The van der Waals surface area contributed by atoms with Crippen molar-refractivity contribution < 1.29 is 23.1 Å². The molecule has 0 aliphatic rings. The van der Waals surface area contributed by atoms with Gasteiger partial charge in [0.2, 0.25) is 0 Å². The molecule has 0 unspecified atom stereocenters. The van der Waals surface area contributed by atoms with E-state index in [2.05, 4.69) is 10.0 Å². The van der Waals surface area contributed by atoms with E-state index in [-0.39, 0.29) is 16.3 Å². The Hall–Kier alpha value is -3.10. The highest BCUT2D eigenvalue weighted by Gasteiger charge is 2.19. The third kappa shape index (κ3) is 4.85. The molecule has 3 N–H and O–H groups in total. The second-order valence-electron chi connectivity index (χ2n) is 6.42. The van der Waals surface area contributed by atoms with Gasteiger partial charge in [0.25, 0.3) is 15.9 Å². The number of carbonyl (C=O) groups excluding carboxylic acids is 1. The standard InChI is InChI=1S/C21H22N2O5S/c1-3-28-17-9-11-19(22-21(25)14(2)24)20(13-17)23-29(26,27)18-10-8-15-6-4-5-7-16(15)12-18/h4-14,23-24H,3H2,1-2H3,(H,22,25)/t14-/m1/s1. The number of hydrogen-bond donors (Lipinski definition) is 3. The van der Waals surface area contributed by atoms with Gasteiger partial charge in [-0.2, -0.15) is 0 Å². The monoisotopic (exact) mass is 414 g/mol. The zero-order chi connectivity index (χ0) is 21.0. The van der Waals surface area contributed by atoms with Crippen LogP contribution in [-0.4, -0.2) is 32.1 Å². The number of ether oxygens (including phenoxy) is 1. The number of amides is 1. The molecule has 3 rings (SSSR count). The highest BCUT2D eigenvalue weighted by Crippen LogP contribution is 2.30. The molecule has 0 aliphatic heterocycles. The number of fused-ring (bicyclic) bond motifs is 1. The predicted molar refractivity (Wildman–Crippen MR) is 113 cm³/mol. The predicted octanol–water partition coefficient (Wildman–Crippen LogP) is 3.36. The fourth-order valence-electron chi connectivity index (χ4n) is 2.75. The number of carbonyl (C=O) groups is 1. The summed E-state index contributed by atoms with van der Waals surface area (Å²) in [5.41, 5.74) is 0.349. The average Bonchev–Trinajstić information content (AvgIpc) is 2.69. The van der Waals surface area contributed by atoms with Gasteiger partial charge in [-0.3, -0.25) is 9.52 Å². The van der Waals surface area contributed by atoms with Crippen LogP contribution < -0.4 is 14.8 Å². The van der Waals surface area contributed by atoms with Crippen molar-refractivity contribution in [2.24, 2.45) is 0 Å². The Morgan fingerprint density at radius 3 is 2.45 bits per heavy atom. The van der Waals surface area contributed by atoms with Crippen LogP contribution in [0.15, 0.2) is 65.6 Å². The zero-order valence-electron chi connectivity index (χ0n) is 16.0. The SMILES string of the molecule is CCOc1ccc(NC(=O)[C@@H](C)O)c(NS(=O)(=O)c2ccc3ccccc3c2)c1. The van der Waals surface area contributed by atoms with E-state index < -0.39 is 22.0 Å². The van der Waals surface area contributed by atoms with Crippen LogP contribution in [0.1, 0.15) is 13.8 Å². The number of rotatable bonds is 7. The van der Waals surface area contributed by atoms with Gasteiger partial charge in [-0.15, -0.1) is 0 Å². The molecule has 8 heteroatoms. The van der Waals surface area contributed by atoms with Gasteiger partial charge >= 0.3 is 0 Å². The fourth-order valence-corrected chi connectivity index (χ4v) is 3.85. The summed E-state index contributed by atoms with van der Waals surface area (Å²) in [6, 6.07) is 16.9. The Morgan fingerprint density at radius 2 is 1.76 bits per heavy atom. The minimum atomic E-state index is -3.93. The van der Waals surface area contributed by atoms with Gasteiger partial charge in [-0.05, 0) is 48.9 Å². The summed E-state index contributed by atoms with van der Waals surface area (Å²) < 4.78 is 33.9. The highest BCUT2D eigenvalue weighted by atomic mass is 32.2. The first-order chi connectivity index (χ1) is 13.8. The van der Waals surface area contributed by atoms with E-state index in [1.807, 2.05) is 31.2 Å². The van der Waals surface area contributed by atoms with Gasteiger partial charge in [0.05, 0.1) is 22.9 Å². The molecule has 0 heterocycles. The summed E-state index contributed by atoms with van der Waals surface area (Å²) in [6.07, 6.45) is -1.24. The Balaban J connectivity index is 1.98. The number of sulfonamides is 1. The molecule has 7 nitrogen and oxygen atoms in total. The Kier molecular flexibility index (Phi) is 6.05. The number of aliphatic hydroxyl groups is 1. The molecule has 0 saturated carbocycles. The molecule has 0 bridgehead atoms. The third-order valence-corrected chi connectivity index (χ3v) is 5.58. The molecule has 0 radical (unpaired) electrons. The Labute approximate surface area is 169 Å². The molecule has 29 heavy (non-hydrogen) atoms. The van der Waals surface area contributed by atoms with Crippen LogP contribution in [0.4, 0.5) is 11.4 Å². The second kappa shape index (κ2) is 8.50. The van der Waals surface area contributed by atoms with E-state index in [4.69, 9.17) is 4.74 Å². The summed E-state index contributed by atoms with van der Waals surface area (Å²) in [4.78, 5) is 12.0. The normalized spacial score (nSPS) is 12.4. The molecule has 152 valence electrons. The molecule has 3 aromatic carbocycles. The van der Waals surface area contributed by atoms with Crippen LogP contribution in [0.2, 0.25) is 0 Å². The van der Waals surface area contributed by atoms with Crippen molar-refractivity contribution in [1.29, 1.82) is 0 Å². The third-order valence-electron chi connectivity index (χ3n) is 4.21. The first-order valence-corrected chi connectivity index (χ1v) is 10.6. The lowest BCUT2D eigenvalue weighted by Crippen LogP contribution is -2.25. The average molecular weight is 414 g/mol. The molecular weight excluding hydrogens is 392 g/mol. The number of hydrogen-bond acceptors (Lipinski definition) is 5. The van der Waals surface area contributed by atoms with Crippen molar-refractivity contribution in [3.05, 3.63) is 60.7 Å². The first-order valence-electron chi connectivity index (χ1n) is 9.07. The van der Waals surface area contributed by atoms with Gasteiger partial charge in [-0.25, -0.2) is 8.42 Å². The molecule has 0 spiro atoms. The minimum absolute atomic E-state index is 0.0887. The first kappa shape index (κ1) is 20.6. The van der Waals surface area contributed by atoms with E-state index in [9.17, 15) is 18.3 Å². The quantitative estimate of drug-likeness (QED) is 0.550. The van der Waals surface area contributed by atoms with Crippen molar-refractivity contribution >= 4 is 38.1 Å². The number of nitrogens with one attached hydrogen (secondary N) is 2. The molecular formula is C21H22N2O5S. The maximum absolute atomic E-state index is 13.0. The summed E-state index contributed by atoms with van der Waals surface area (Å²) in [5.74, 6) is -0.209. The summed E-state index contributed by atoms with van der Waals surface area (Å²) in [5, 5.41) is 13.7. The smallest absolute Gasteiger partial charge is 0.261 e. The van der Waals surface area contributed by atoms with E-state index >= 15 is 0 Å². The van der Waals surface area contributed by atoms with Crippen LogP contribution in [0.25, 0.3) is 10.8 Å². The lowest BCUT2D eigenvalue weighted by molar-refractivity contribution is -0.123. The van der Waals surface area contributed by atoms with E-state index in [1.165, 1.54) is 25.1 Å². The van der Waals surface area contributed by atoms with Crippen LogP contribution in [0.3, 0.4) is 0 Å². The van der Waals surface area contributed by atoms with Gasteiger partial charge in [0, 0.05) is 6.07 Å². The topological polar surface area (TPSA) is 105 Å². The van der Waals surface area contributed by atoms with Gasteiger partial charge in [0.15, 0.2) is 0 Å². The molecule has 0 saturated heterocycles. The number of anilines is 2. The maximum atomic E-state index is 13.0. The zero-order valence-corrected chi connectivity index (χ0v) is 16.9. The Bertz CT molecular complexity index is 1140. The summed E-state index contributed by atoms with van der Waals surface area (Å²) in [6.45, 7) is 3.53. The van der Waals surface area contributed by atoms with Gasteiger partial charge < -0.3 is 15.2 Å². The van der Waals surface area contributed by atoms with Crippen LogP contribution in [0.5, 0.6) is 5.75 Å². The van der Waals surface area contributed by atoms with E-state index in [1.54, 1.807) is 18.2 Å². The highest BCUT2D eigenvalue weighted by molar-refractivity contribution is 7.92. The summed E-state index contributed by atoms with van der Waals surface area (Å²) in [7, 11) is -3.93. The largest absolute Gasteiger partial charge is 0.494 e. The Morgan fingerprint density at radius 1 is 1.03 bits per heavy atom. The van der Waals surface area contributed by atoms with Crippen molar-refractivity contribution in [2.75, 3.05) is 16.6 Å². The molecule has 0 fully saturated rings. The van der Waals surface area contributed by atoms with E-state index in [0.717, 1.165) is 10.8 Å². The van der Waals surface area contributed by atoms with Crippen molar-refractivity contribution in [1.82, 2.24) is 0 Å². The summed E-state index contributed by atoms with van der Waals surface area (Å²) >= 11 is 0. The number of aliphatic hydroxyl groups excluding tert-OH is 1. The molecule has 3 aromatic rings. The molecule has 1 atom stereocenters.